The molecule has 15 nitrogen and oxygen atoms in total. The maximum atomic E-state index is 14.0. The van der Waals surface area contributed by atoms with Crippen molar-refractivity contribution in [3.05, 3.63) is 106 Å². The first-order valence-electron chi connectivity index (χ1n) is 21.6. The predicted octanol–water partition coefficient (Wildman–Crippen LogP) is 7.84. The van der Waals surface area contributed by atoms with Crippen molar-refractivity contribution in [3.63, 3.8) is 0 Å². The number of carbonyl (C=O) groups is 1. The molecule has 5 aromatic rings. The number of ether oxygens (including phenoxy) is 2. The number of nitrogens with one attached hydrogen (secondary N) is 3. The molecule has 2 saturated heterocycles. The van der Waals surface area contributed by atoms with Crippen molar-refractivity contribution >= 4 is 56.5 Å². The number of nitro groups is 1. The second-order valence-corrected chi connectivity index (χ2v) is 21.5. The summed E-state index contributed by atoms with van der Waals surface area (Å²) in [6, 6.07) is 18.9. The van der Waals surface area contributed by atoms with E-state index >= 15 is 0 Å². The van der Waals surface area contributed by atoms with Crippen LogP contribution in [0, 0.1) is 16.0 Å². The monoisotopic (exact) mass is 883 g/mol. The molecule has 0 spiro atoms. The summed E-state index contributed by atoms with van der Waals surface area (Å²) in [5.41, 5.74) is 3.77. The average molecular weight is 884 g/mol. The molecule has 8 rings (SSSR count). The first kappa shape index (κ1) is 43.4. The SMILES string of the molecule is CCP(=O)(CC)c1cccc2c1CCCCC2N1CCN(c2ccc(C(=O)NS(=O)(=O)c3ccc(NCC4CCOCC4)c([N+](=O)[O-])c3)c(Oc3cnc4[nH]ccc4c3)c2)CC1. The average Bonchev–Trinajstić information content (AvgIpc) is 3.65. The van der Waals surface area contributed by atoms with Crippen LogP contribution in [0.2, 0.25) is 0 Å². The fraction of sp³-hybridized carbons (Fsp3) is 0.422. The van der Waals surface area contributed by atoms with Crippen molar-refractivity contribution < 1.29 is 32.2 Å². The summed E-state index contributed by atoms with van der Waals surface area (Å²) in [6.07, 6.45) is 10.4. The fourth-order valence-corrected chi connectivity index (χ4v) is 12.3. The number of fused-ring (bicyclic) bond motifs is 2. The number of aromatic nitrogens is 2. The molecule has 1 amide bonds. The minimum Gasteiger partial charge on any atom is -0.455 e. The van der Waals surface area contributed by atoms with E-state index in [0.29, 0.717) is 56.6 Å². The van der Waals surface area contributed by atoms with Crippen LogP contribution in [-0.2, 0) is 25.7 Å². The van der Waals surface area contributed by atoms with Gasteiger partial charge in [-0.25, -0.2) is 18.1 Å². The first-order chi connectivity index (χ1) is 30.0. The lowest BCUT2D eigenvalue weighted by atomic mass is 9.97. The number of piperazine rings is 1. The number of pyridine rings is 1. The fourth-order valence-electron chi connectivity index (χ4n) is 9.09. The summed E-state index contributed by atoms with van der Waals surface area (Å²) in [5.74, 6) is -0.225. The summed E-state index contributed by atoms with van der Waals surface area (Å²) in [7, 11) is -7.02. The highest BCUT2D eigenvalue weighted by molar-refractivity contribution is 7.90. The molecule has 3 N–H and O–H groups in total. The number of anilines is 2. The van der Waals surface area contributed by atoms with Gasteiger partial charge in [-0.05, 0) is 85.5 Å². The minimum absolute atomic E-state index is 0.0447. The van der Waals surface area contributed by atoms with E-state index in [1.807, 2.05) is 19.9 Å². The second kappa shape index (κ2) is 18.6. The van der Waals surface area contributed by atoms with Gasteiger partial charge in [-0.2, -0.15) is 0 Å². The van der Waals surface area contributed by atoms with Crippen LogP contribution in [0.3, 0.4) is 0 Å². The predicted molar refractivity (Wildman–Crippen MR) is 241 cm³/mol. The van der Waals surface area contributed by atoms with Crippen LogP contribution in [0.4, 0.5) is 17.1 Å². The molecule has 1 unspecified atom stereocenters. The minimum atomic E-state index is -4.56. The van der Waals surface area contributed by atoms with Crippen molar-refractivity contribution in [2.24, 2.45) is 5.92 Å². The van der Waals surface area contributed by atoms with Gasteiger partial charge < -0.3 is 29.2 Å². The summed E-state index contributed by atoms with van der Waals surface area (Å²) in [6.45, 7) is 8.77. The van der Waals surface area contributed by atoms with Crippen LogP contribution in [0.25, 0.3) is 11.0 Å². The van der Waals surface area contributed by atoms with Gasteiger partial charge in [0.05, 0.1) is 21.6 Å². The Labute approximate surface area is 362 Å². The molecule has 328 valence electrons. The quantitative estimate of drug-likeness (QED) is 0.0425. The van der Waals surface area contributed by atoms with Crippen LogP contribution in [0.1, 0.15) is 73.5 Å². The summed E-state index contributed by atoms with van der Waals surface area (Å²) >= 11 is 0. The highest BCUT2D eigenvalue weighted by atomic mass is 32.2. The Balaban J connectivity index is 1.02. The lowest BCUT2D eigenvalue weighted by Gasteiger charge is -2.41. The van der Waals surface area contributed by atoms with E-state index < -0.39 is 38.6 Å². The van der Waals surface area contributed by atoms with E-state index in [0.717, 1.165) is 74.1 Å². The maximum Gasteiger partial charge on any atom is 0.293 e. The third kappa shape index (κ3) is 9.24. The molecule has 1 atom stereocenters. The van der Waals surface area contributed by atoms with Gasteiger partial charge >= 0.3 is 0 Å². The van der Waals surface area contributed by atoms with E-state index in [1.54, 1.807) is 30.5 Å². The Kier molecular flexibility index (Phi) is 13.0. The van der Waals surface area contributed by atoms with Gasteiger partial charge in [-0.1, -0.05) is 38.5 Å². The molecule has 3 aromatic carbocycles. The van der Waals surface area contributed by atoms with Gasteiger partial charge in [0.1, 0.15) is 30.0 Å². The molecule has 0 bridgehead atoms. The molecule has 2 aromatic heterocycles. The van der Waals surface area contributed by atoms with Gasteiger partial charge in [-0.15, -0.1) is 0 Å². The number of H-pyrrole nitrogens is 1. The van der Waals surface area contributed by atoms with Crippen molar-refractivity contribution in [1.29, 1.82) is 0 Å². The largest absolute Gasteiger partial charge is 0.455 e. The van der Waals surface area contributed by atoms with Gasteiger partial charge in [0.2, 0.25) is 0 Å². The smallest absolute Gasteiger partial charge is 0.293 e. The number of rotatable bonds is 14. The molecular formula is C45H54N7O8PS. The maximum absolute atomic E-state index is 14.0. The Morgan fingerprint density at radius 2 is 1.79 bits per heavy atom. The Hall–Kier alpha value is -5.28. The van der Waals surface area contributed by atoms with Gasteiger partial charge in [-0.3, -0.25) is 19.8 Å². The van der Waals surface area contributed by atoms with Crippen molar-refractivity contribution in [3.8, 4) is 11.5 Å². The molecule has 0 radical (unpaired) electrons. The zero-order valence-electron chi connectivity index (χ0n) is 35.2. The second-order valence-electron chi connectivity index (χ2n) is 16.3. The molecule has 1 aliphatic carbocycles. The van der Waals surface area contributed by atoms with E-state index in [1.165, 1.54) is 29.5 Å². The zero-order valence-corrected chi connectivity index (χ0v) is 36.9. The number of sulfonamides is 1. The number of benzene rings is 3. The number of nitro benzene ring substituents is 1. The molecular weight excluding hydrogens is 830 g/mol. The molecule has 2 aliphatic heterocycles. The molecule has 62 heavy (non-hydrogen) atoms. The third-order valence-electron chi connectivity index (χ3n) is 12.7. The number of carbonyl (C=O) groups excluding carboxylic acids is 1. The number of aromatic amines is 1. The number of nitrogens with zero attached hydrogens (tertiary/aromatic N) is 4. The molecule has 3 aliphatic rings. The standard InChI is InChI=1S/C45H54N7O8PS/c1-3-61(56,4-2)43-11-7-9-36-37(43)8-5-6-10-40(36)51-22-20-50(21-23-51)33-12-14-38(42(27-33)60-34-26-32-16-19-46-44(32)48-30-34)45(53)49-62(57,58)35-13-15-39(41(28-35)52(54)55)47-29-31-17-24-59-25-18-31/h7,9,11-16,19,26-28,30-31,40,47H,3-6,8,10,17-18,20-25,29H2,1-2H3,(H,46,48)(H,49,53). The summed E-state index contributed by atoms with van der Waals surface area (Å²) in [5, 5.41) is 17.0. The lowest BCUT2D eigenvalue weighted by Crippen LogP contribution is -2.48. The molecule has 0 saturated carbocycles. The highest BCUT2D eigenvalue weighted by Crippen LogP contribution is 2.47. The summed E-state index contributed by atoms with van der Waals surface area (Å²) < 4.78 is 55.2. The van der Waals surface area contributed by atoms with Gasteiger partial charge in [0, 0.05) is 99.0 Å². The zero-order chi connectivity index (χ0) is 43.4. The van der Waals surface area contributed by atoms with Crippen LogP contribution < -0.4 is 25.0 Å². The molecule has 4 heterocycles. The van der Waals surface area contributed by atoms with Crippen molar-refractivity contribution in [2.75, 3.05) is 68.5 Å². The Morgan fingerprint density at radius 3 is 2.55 bits per heavy atom. The van der Waals surface area contributed by atoms with Crippen LogP contribution in [-0.4, -0.2) is 92.4 Å². The molecule has 17 heteroatoms. The highest BCUT2D eigenvalue weighted by Gasteiger charge is 2.33. The van der Waals surface area contributed by atoms with E-state index in [2.05, 4.69) is 48.0 Å². The van der Waals surface area contributed by atoms with Crippen LogP contribution >= 0.6 is 7.14 Å². The molecule has 2 fully saturated rings. The topological polar surface area (TPSA) is 189 Å². The van der Waals surface area contributed by atoms with Gasteiger partial charge in [0.15, 0.2) is 0 Å². The van der Waals surface area contributed by atoms with Gasteiger partial charge in [0.25, 0.3) is 21.6 Å². The summed E-state index contributed by atoms with van der Waals surface area (Å²) in [4.78, 5) is 37.2. The van der Waals surface area contributed by atoms with E-state index in [9.17, 15) is 27.9 Å². The number of hydrogen-bond donors (Lipinski definition) is 3. The number of hydrogen-bond acceptors (Lipinski definition) is 12. The third-order valence-corrected chi connectivity index (χ3v) is 17.4. The van der Waals surface area contributed by atoms with Crippen molar-refractivity contribution in [1.82, 2.24) is 19.6 Å². The first-order valence-corrected chi connectivity index (χ1v) is 25.1. The van der Waals surface area contributed by atoms with Crippen LogP contribution in [0.15, 0.2) is 84.0 Å². The number of amides is 1. The Bertz CT molecular complexity index is 2600. The normalized spacial score (nSPS) is 17.9. The van der Waals surface area contributed by atoms with E-state index in [-0.39, 0.29) is 29.0 Å². The van der Waals surface area contributed by atoms with Crippen LogP contribution in [0.5, 0.6) is 11.5 Å². The van der Waals surface area contributed by atoms with Crippen molar-refractivity contribution in [2.45, 2.75) is 63.3 Å². The lowest BCUT2D eigenvalue weighted by molar-refractivity contribution is -0.384. The Morgan fingerprint density at radius 1 is 1.00 bits per heavy atom. The van der Waals surface area contributed by atoms with E-state index in [4.69, 9.17) is 9.47 Å².